The summed E-state index contributed by atoms with van der Waals surface area (Å²) in [4.78, 5) is 8.70. The van der Waals surface area contributed by atoms with Gasteiger partial charge in [0.1, 0.15) is 16.7 Å². The van der Waals surface area contributed by atoms with Gasteiger partial charge in [-0.05, 0) is 43.4 Å². The fourth-order valence-electron chi connectivity index (χ4n) is 2.22. The van der Waals surface area contributed by atoms with E-state index in [9.17, 15) is 0 Å². The normalized spacial score (nSPS) is 14.2. The molecule has 0 amide bonds. The van der Waals surface area contributed by atoms with Crippen LogP contribution in [0.15, 0.2) is 30.3 Å². The van der Waals surface area contributed by atoms with Gasteiger partial charge in [0.15, 0.2) is 0 Å². The van der Waals surface area contributed by atoms with E-state index in [4.69, 9.17) is 16.3 Å². The Morgan fingerprint density at radius 2 is 1.95 bits per heavy atom. The monoisotopic (exact) mass is 302 g/mol. The lowest BCUT2D eigenvalue weighted by Crippen LogP contribution is -1.96. The maximum Gasteiger partial charge on any atom is 0.224 e. The molecule has 1 aromatic carbocycles. The Morgan fingerprint density at radius 1 is 1.19 bits per heavy atom. The number of aromatic nitrogens is 2. The van der Waals surface area contributed by atoms with Crippen LogP contribution in [0.5, 0.6) is 11.6 Å². The second kappa shape index (κ2) is 6.44. The molecule has 110 valence electrons. The van der Waals surface area contributed by atoms with Crippen LogP contribution in [-0.4, -0.2) is 9.97 Å². The molecule has 1 aliphatic rings. The number of rotatable bonds is 6. The summed E-state index contributed by atoms with van der Waals surface area (Å²) >= 11 is 6.04. The van der Waals surface area contributed by atoms with Gasteiger partial charge in [-0.1, -0.05) is 37.1 Å². The van der Waals surface area contributed by atoms with Crippen LogP contribution >= 0.6 is 11.6 Å². The Balaban J connectivity index is 1.70. The molecule has 0 atom stereocenters. The standard InChI is InChI=1S/C17H19ClN2O/c1-2-3-4-12-5-9-14(10-6-12)21-16-11-15(18)19-17(20-16)13-7-8-13/h5-6,9-11,13H,2-4,7-8H2,1H3. The Kier molecular flexibility index (Phi) is 4.39. The molecule has 0 spiro atoms. The van der Waals surface area contributed by atoms with Crippen molar-refractivity contribution in [2.75, 3.05) is 0 Å². The summed E-state index contributed by atoms with van der Waals surface area (Å²) in [6.45, 7) is 2.20. The second-order valence-electron chi connectivity index (χ2n) is 5.51. The van der Waals surface area contributed by atoms with Crippen molar-refractivity contribution in [3.63, 3.8) is 0 Å². The third-order valence-electron chi connectivity index (χ3n) is 3.60. The number of hydrogen-bond acceptors (Lipinski definition) is 3. The van der Waals surface area contributed by atoms with E-state index >= 15 is 0 Å². The van der Waals surface area contributed by atoms with E-state index < -0.39 is 0 Å². The molecule has 0 N–H and O–H groups in total. The minimum absolute atomic E-state index is 0.446. The van der Waals surface area contributed by atoms with E-state index in [1.54, 1.807) is 6.07 Å². The number of halogens is 1. The van der Waals surface area contributed by atoms with Gasteiger partial charge in [-0.3, -0.25) is 0 Å². The maximum atomic E-state index is 6.04. The molecule has 0 unspecified atom stereocenters. The molecule has 1 aliphatic carbocycles. The van der Waals surface area contributed by atoms with Crippen molar-refractivity contribution in [2.45, 2.75) is 44.9 Å². The van der Waals surface area contributed by atoms with Crippen molar-refractivity contribution >= 4 is 11.6 Å². The molecule has 0 bridgehead atoms. The third-order valence-corrected chi connectivity index (χ3v) is 3.79. The van der Waals surface area contributed by atoms with E-state index in [-0.39, 0.29) is 0 Å². The molecule has 1 fully saturated rings. The van der Waals surface area contributed by atoms with Gasteiger partial charge in [-0.25, -0.2) is 4.98 Å². The highest BCUT2D eigenvalue weighted by atomic mass is 35.5. The van der Waals surface area contributed by atoms with Gasteiger partial charge in [-0.15, -0.1) is 0 Å². The largest absolute Gasteiger partial charge is 0.439 e. The number of nitrogens with zero attached hydrogens (tertiary/aromatic N) is 2. The fourth-order valence-corrected chi connectivity index (χ4v) is 2.40. The molecule has 1 saturated carbocycles. The first kappa shape index (κ1) is 14.3. The SMILES string of the molecule is CCCCc1ccc(Oc2cc(Cl)nc(C3CC3)n2)cc1. The second-order valence-corrected chi connectivity index (χ2v) is 5.90. The van der Waals surface area contributed by atoms with Crippen molar-refractivity contribution in [2.24, 2.45) is 0 Å². The lowest BCUT2D eigenvalue weighted by molar-refractivity contribution is 0.458. The third kappa shape index (κ3) is 3.94. The smallest absolute Gasteiger partial charge is 0.224 e. The summed E-state index contributed by atoms with van der Waals surface area (Å²) in [6, 6.07) is 9.85. The topological polar surface area (TPSA) is 35.0 Å². The minimum Gasteiger partial charge on any atom is -0.439 e. The highest BCUT2D eigenvalue weighted by Gasteiger charge is 2.27. The first-order valence-electron chi connectivity index (χ1n) is 7.56. The average Bonchev–Trinajstić information content (AvgIpc) is 3.30. The minimum atomic E-state index is 0.446. The van der Waals surface area contributed by atoms with Crippen LogP contribution < -0.4 is 4.74 Å². The molecular weight excluding hydrogens is 284 g/mol. The van der Waals surface area contributed by atoms with Crippen LogP contribution in [0.2, 0.25) is 5.15 Å². The van der Waals surface area contributed by atoms with Crippen molar-refractivity contribution in [3.8, 4) is 11.6 Å². The summed E-state index contributed by atoms with van der Waals surface area (Å²) < 4.78 is 5.80. The van der Waals surface area contributed by atoms with Crippen molar-refractivity contribution in [1.29, 1.82) is 0 Å². The number of ether oxygens (including phenoxy) is 1. The maximum absolute atomic E-state index is 6.04. The van der Waals surface area contributed by atoms with E-state index in [1.165, 1.54) is 18.4 Å². The van der Waals surface area contributed by atoms with Crippen LogP contribution in [-0.2, 0) is 6.42 Å². The molecule has 3 nitrogen and oxygen atoms in total. The van der Waals surface area contributed by atoms with Crippen molar-refractivity contribution < 1.29 is 4.74 Å². The molecule has 4 heteroatoms. The predicted molar refractivity (Wildman–Crippen MR) is 84.1 cm³/mol. The molecule has 1 aromatic heterocycles. The van der Waals surface area contributed by atoms with E-state index in [1.807, 2.05) is 12.1 Å². The molecule has 0 saturated heterocycles. The number of unbranched alkanes of at least 4 members (excludes halogenated alkanes) is 1. The Labute approximate surface area is 130 Å². The van der Waals surface area contributed by atoms with Crippen molar-refractivity contribution in [1.82, 2.24) is 9.97 Å². The van der Waals surface area contributed by atoms with Crippen LogP contribution in [0.1, 0.15) is 49.9 Å². The van der Waals surface area contributed by atoms with E-state index in [0.29, 0.717) is 17.0 Å². The van der Waals surface area contributed by atoms with Crippen molar-refractivity contribution in [3.05, 3.63) is 46.9 Å². The molecule has 21 heavy (non-hydrogen) atoms. The number of aryl methyl sites for hydroxylation is 1. The van der Waals surface area contributed by atoms with Crippen LogP contribution in [0.4, 0.5) is 0 Å². The molecule has 0 aliphatic heterocycles. The van der Waals surface area contributed by atoms with Crippen LogP contribution in [0.25, 0.3) is 0 Å². The lowest BCUT2D eigenvalue weighted by Gasteiger charge is -2.07. The number of benzene rings is 1. The first-order valence-corrected chi connectivity index (χ1v) is 7.93. The lowest BCUT2D eigenvalue weighted by atomic mass is 10.1. The van der Waals surface area contributed by atoms with Gasteiger partial charge in [0.05, 0.1) is 0 Å². The first-order chi connectivity index (χ1) is 10.2. The Hall–Kier alpha value is -1.61. The van der Waals surface area contributed by atoms with Crippen LogP contribution in [0, 0.1) is 0 Å². The van der Waals surface area contributed by atoms with Crippen LogP contribution in [0.3, 0.4) is 0 Å². The van der Waals surface area contributed by atoms with Gasteiger partial charge in [-0.2, -0.15) is 4.98 Å². The Morgan fingerprint density at radius 3 is 2.62 bits per heavy atom. The zero-order valence-corrected chi connectivity index (χ0v) is 12.9. The number of hydrogen-bond donors (Lipinski definition) is 0. The highest BCUT2D eigenvalue weighted by molar-refractivity contribution is 6.29. The van der Waals surface area contributed by atoms with Gasteiger partial charge in [0, 0.05) is 12.0 Å². The molecule has 1 heterocycles. The highest BCUT2D eigenvalue weighted by Crippen LogP contribution is 2.39. The summed E-state index contributed by atoms with van der Waals surface area (Å²) in [5, 5.41) is 0.446. The summed E-state index contributed by atoms with van der Waals surface area (Å²) in [5.41, 5.74) is 1.34. The van der Waals surface area contributed by atoms with E-state index in [2.05, 4.69) is 29.0 Å². The molecule has 2 aromatic rings. The zero-order valence-electron chi connectivity index (χ0n) is 12.2. The Bertz CT molecular complexity index is 609. The van der Waals surface area contributed by atoms with Gasteiger partial charge in [0.2, 0.25) is 5.88 Å². The van der Waals surface area contributed by atoms with Gasteiger partial charge < -0.3 is 4.74 Å². The van der Waals surface area contributed by atoms with Gasteiger partial charge in [0.25, 0.3) is 0 Å². The summed E-state index contributed by atoms with van der Waals surface area (Å²) in [7, 11) is 0. The molecule has 3 rings (SSSR count). The quantitative estimate of drug-likeness (QED) is 0.693. The van der Waals surface area contributed by atoms with Gasteiger partial charge >= 0.3 is 0 Å². The average molecular weight is 303 g/mol. The summed E-state index contributed by atoms with van der Waals surface area (Å²) in [5.74, 6) is 2.57. The fraction of sp³-hybridized carbons (Fsp3) is 0.412. The zero-order chi connectivity index (χ0) is 14.7. The van der Waals surface area contributed by atoms with E-state index in [0.717, 1.165) is 30.8 Å². The molecular formula is C17H19ClN2O. The predicted octanol–water partition coefficient (Wildman–Crippen LogP) is 5.14. The summed E-state index contributed by atoms with van der Waals surface area (Å²) in [6.07, 6.45) is 5.83. The molecule has 0 radical (unpaired) electrons.